The maximum absolute atomic E-state index is 13.0. The Labute approximate surface area is 178 Å². The topological polar surface area (TPSA) is 83.7 Å². The zero-order valence-corrected chi connectivity index (χ0v) is 18.1. The van der Waals surface area contributed by atoms with Gasteiger partial charge in [-0.15, -0.1) is 0 Å². The number of fused-ring (bicyclic) bond motifs is 1. The fraction of sp³-hybridized carbons (Fsp3) is 0.435. The maximum atomic E-state index is 13.0. The van der Waals surface area contributed by atoms with Gasteiger partial charge in [0.1, 0.15) is 0 Å². The molecule has 2 saturated heterocycles. The Kier molecular flexibility index (Phi) is 5.95. The number of carbonyl (C=O) groups excluding carboxylic acids is 1. The van der Waals surface area contributed by atoms with E-state index in [0.29, 0.717) is 24.9 Å². The zero-order chi connectivity index (χ0) is 21.3. The molecule has 2 aromatic carbocycles. The highest BCUT2D eigenvalue weighted by Crippen LogP contribution is 2.33. The molecule has 30 heavy (non-hydrogen) atoms. The molecule has 0 radical (unpaired) electrons. The van der Waals surface area contributed by atoms with Crippen molar-refractivity contribution in [2.24, 2.45) is 17.6 Å². The van der Waals surface area contributed by atoms with Gasteiger partial charge >= 0.3 is 0 Å². The van der Waals surface area contributed by atoms with E-state index in [-0.39, 0.29) is 22.4 Å². The van der Waals surface area contributed by atoms with Crippen LogP contribution in [0, 0.1) is 11.8 Å². The summed E-state index contributed by atoms with van der Waals surface area (Å²) in [6.45, 7) is 4.24. The van der Waals surface area contributed by atoms with Crippen molar-refractivity contribution >= 4 is 15.7 Å². The third-order valence-electron chi connectivity index (χ3n) is 6.35. The summed E-state index contributed by atoms with van der Waals surface area (Å²) in [4.78, 5) is 17.4. The van der Waals surface area contributed by atoms with Crippen molar-refractivity contribution in [3.8, 4) is 0 Å². The van der Waals surface area contributed by atoms with Crippen molar-refractivity contribution in [3.63, 3.8) is 0 Å². The predicted octanol–water partition coefficient (Wildman–Crippen LogP) is 2.18. The Morgan fingerprint density at radius 1 is 1.00 bits per heavy atom. The number of likely N-dealkylation sites (tertiary alicyclic amines) is 2. The van der Waals surface area contributed by atoms with Gasteiger partial charge in [-0.25, -0.2) is 8.42 Å². The van der Waals surface area contributed by atoms with E-state index in [0.717, 1.165) is 32.3 Å². The lowest BCUT2D eigenvalue weighted by atomic mass is 10.0. The van der Waals surface area contributed by atoms with Gasteiger partial charge in [-0.05, 0) is 42.5 Å². The highest BCUT2D eigenvalue weighted by Gasteiger charge is 2.42. The summed E-state index contributed by atoms with van der Waals surface area (Å²) in [5.41, 5.74) is 7.78. The molecule has 0 saturated carbocycles. The second kappa shape index (κ2) is 8.49. The van der Waals surface area contributed by atoms with Crippen LogP contribution in [0.5, 0.6) is 0 Å². The number of sulfone groups is 1. The molecule has 7 heteroatoms. The third kappa shape index (κ3) is 4.43. The minimum absolute atomic E-state index is 0.0391. The molecule has 3 atom stereocenters. The van der Waals surface area contributed by atoms with Crippen molar-refractivity contribution < 1.29 is 13.2 Å². The van der Waals surface area contributed by atoms with E-state index in [1.807, 2.05) is 23.1 Å². The van der Waals surface area contributed by atoms with Gasteiger partial charge in [0, 0.05) is 38.5 Å². The van der Waals surface area contributed by atoms with Crippen LogP contribution in [0.25, 0.3) is 0 Å². The number of hydrogen-bond acceptors (Lipinski definition) is 5. The van der Waals surface area contributed by atoms with Crippen LogP contribution < -0.4 is 5.73 Å². The number of rotatable bonds is 6. The van der Waals surface area contributed by atoms with Gasteiger partial charge in [-0.3, -0.25) is 4.79 Å². The summed E-state index contributed by atoms with van der Waals surface area (Å²) in [5, 5.41) is 0. The molecule has 0 aromatic heterocycles. The molecule has 6 nitrogen and oxygen atoms in total. The van der Waals surface area contributed by atoms with Gasteiger partial charge in [-0.2, -0.15) is 0 Å². The Balaban J connectivity index is 1.33. The van der Waals surface area contributed by atoms with Gasteiger partial charge in [0.25, 0.3) is 5.91 Å². The van der Waals surface area contributed by atoms with Crippen LogP contribution in [0.4, 0.5) is 0 Å². The molecule has 160 valence electrons. The van der Waals surface area contributed by atoms with Crippen LogP contribution in [0.15, 0.2) is 59.5 Å². The largest absolute Gasteiger partial charge is 0.338 e. The summed E-state index contributed by atoms with van der Waals surface area (Å²) in [7, 11) is -3.44. The molecule has 4 rings (SSSR count). The molecule has 2 unspecified atom stereocenters. The summed E-state index contributed by atoms with van der Waals surface area (Å²) in [6.07, 6.45) is 2.06. The minimum Gasteiger partial charge on any atom is -0.338 e. The molecule has 1 amide bonds. The normalized spacial score (nSPS) is 22.8. The van der Waals surface area contributed by atoms with Gasteiger partial charge in [-0.1, -0.05) is 42.5 Å². The van der Waals surface area contributed by atoms with Gasteiger partial charge in [0.15, 0.2) is 9.84 Å². The monoisotopic (exact) mass is 427 g/mol. The number of amides is 1. The summed E-state index contributed by atoms with van der Waals surface area (Å²) in [5.74, 6) is 0.697. The third-order valence-corrected chi connectivity index (χ3v) is 7.51. The molecular weight excluding hydrogens is 398 g/mol. The molecule has 2 aliphatic heterocycles. The first-order valence-corrected chi connectivity index (χ1v) is 12.3. The molecule has 0 spiro atoms. The molecule has 2 aliphatic rings. The van der Waals surface area contributed by atoms with Crippen LogP contribution in [-0.4, -0.2) is 63.1 Å². The van der Waals surface area contributed by atoms with E-state index in [9.17, 15) is 13.2 Å². The highest BCUT2D eigenvalue weighted by molar-refractivity contribution is 7.90. The fourth-order valence-electron chi connectivity index (χ4n) is 4.76. The van der Waals surface area contributed by atoms with Crippen molar-refractivity contribution in [1.82, 2.24) is 9.80 Å². The quantitative estimate of drug-likeness (QED) is 0.764. The lowest BCUT2D eigenvalue weighted by molar-refractivity contribution is 0.0770. The molecule has 2 N–H and O–H groups in total. The summed E-state index contributed by atoms with van der Waals surface area (Å²) in [6, 6.07) is 16.7. The average Bonchev–Trinajstić information content (AvgIpc) is 3.30. The van der Waals surface area contributed by atoms with E-state index in [1.54, 1.807) is 18.2 Å². The Morgan fingerprint density at radius 2 is 1.60 bits per heavy atom. The summed E-state index contributed by atoms with van der Waals surface area (Å²) < 4.78 is 24.1. The van der Waals surface area contributed by atoms with E-state index in [4.69, 9.17) is 5.73 Å². The van der Waals surface area contributed by atoms with Crippen LogP contribution in [0.2, 0.25) is 0 Å². The fourth-order valence-corrected chi connectivity index (χ4v) is 5.64. The number of carbonyl (C=O) groups is 1. The van der Waals surface area contributed by atoms with Crippen LogP contribution >= 0.6 is 0 Å². The lowest BCUT2D eigenvalue weighted by Crippen LogP contribution is -2.34. The van der Waals surface area contributed by atoms with Gasteiger partial charge in [0.05, 0.1) is 10.5 Å². The smallest absolute Gasteiger partial charge is 0.255 e. The Hall–Kier alpha value is -2.22. The van der Waals surface area contributed by atoms with Crippen molar-refractivity contribution in [2.45, 2.75) is 17.4 Å². The first-order valence-electron chi connectivity index (χ1n) is 10.4. The van der Waals surface area contributed by atoms with Crippen molar-refractivity contribution in [1.29, 1.82) is 0 Å². The van der Waals surface area contributed by atoms with Crippen LogP contribution in [0.3, 0.4) is 0 Å². The van der Waals surface area contributed by atoms with Gasteiger partial charge < -0.3 is 15.5 Å². The second-order valence-corrected chi connectivity index (χ2v) is 10.5. The average molecular weight is 428 g/mol. The van der Waals surface area contributed by atoms with E-state index in [1.165, 1.54) is 11.6 Å². The molecule has 2 aromatic rings. The number of nitrogens with zero attached hydrogens (tertiary/aromatic N) is 2. The molecule has 2 heterocycles. The van der Waals surface area contributed by atoms with Crippen molar-refractivity contribution in [2.75, 3.05) is 39.0 Å². The first kappa shape index (κ1) is 21.0. The first-order chi connectivity index (χ1) is 14.3. The predicted molar refractivity (Wildman–Crippen MR) is 117 cm³/mol. The Bertz CT molecular complexity index is 995. The van der Waals surface area contributed by atoms with E-state index >= 15 is 0 Å². The number of nitrogens with two attached hydrogens (primary N) is 1. The minimum atomic E-state index is -3.44. The zero-order valence-electron chi connectivity index (χ0n) is 17.3. The van der Waals surface area contributed by atoms with E-state index in [2.05, 4.69) is 17.0 Å². The van der Waals surface area contributed by atoms with Crippen LogP contribution in [0.1, 0.15) is 28.4 Å². The maximum Gasteiger partial charge on any atom is 0.255 e. The van der Waals surface area contributed by atoms with E-state index < -0.39 is 9.84 Å². The lowest BCUT2D eigenvalue weighted by Gasteiger charge is -2.23. The second-order valence-electron chi connectivity index (χ2n) is 8.56. The SMILES string of the molecule is CS(=O)(=O)c1ccccc1C(=O)N1CC2CN(CC[C@H](N)c3ccccc3)CC2C1. The molecule has 0 bridgehead atoms. The molecule has 2 fully saturated rings. The van der Waals surface area contributed by atoms with Gasteiger partial charge in [0.2, 0.25) is 0 Å². The molecule has 0 aliphatic carbocycles. The number of hydrogen-bond donors (Lipinski definition) is 1. The molecular formula is C23H29N3O3S. The summed E-state index contributed by atoms with van der Waals surface area (Å²) >= 11 is 0. The highest BCUT2D eigenvalue weighted by atomic mass is 32.2. The standard InChI is InChI=1S/C23H29N3O3S/c1-30(28,29)22-10-6-5-9-20(22)23(27)26-15-18-13-25(14-19(18)16-26)12-11-21(24)17-7-3-2-4-8-17/h2-10,18-19,21H,11-16,24H2,1H3/t18?,19?,21-/m0/s1. The van der Waals surface area contributed by atoms with Crippen LogP contribution in [-0.2, 0) is 9.84 Å². The number of benzene rings is 2. The Morgan fingerprint density at radius 3 is 2.23 bits per heavy atom. The van der Waals surface area contributed by atoms with Crippen molar-refractivity contribution in [3.05, 3.63) is 65.7 Å².